The third kappa shape index (κ3) is 3.01. The quantitative estimate of drug-likeness (QED) is 0.678. The van der Waals surface area contributed by atoms with Gasteiger partial charge in [-0.05, 0) is 37.6 Å². The Hall–Kier alpha value is -3.28. The Morgan fingerprint density at radius 3 is 2.54 bits per heavy atom. The standard InChI is InChI=1S/C20H20N4O2/c1-13-7-8-17(19-15(13)6-5-9-21-19)24(12-25)20(26)16-10-14(2)22-11-18(16)23(3)4/h5-12H,1-4H3. The summed E-state index contributed by atoms with van der Waals surface area (Å²) in [6.07, 6.45) is 3.83. The van der Waals surface area contributed by atoms with Gasteiger partial charge in [-0.1, -0.05) is 12.1 Å². The zero-order chi connectivity index (χ0) is 18.8. The van der Waals surface area contributed by atoms with Crippen molar-refractivity contribution >= 4 is 34.6 Å². The van der Waals surface area contributed by atoms with Crippen molar-refractivity contribution in [3.05, 3.63) is 59.5 Å². The summed E-state index contributed by atoms with van der Waals surface area (Å²) in [5.74, 6) is -0.412. The van der Waals surface area contributed by atoms with E-state index in [0.717, 1.165) is 15.8 Å². The van der Waals surface area contributed by atoms with Crippen LogP contribution in [0.15, 0.2) is 42.7 Å². The molecule has 6 heteroatoms. The monoisotopic (exact) mass is 348 g/mol. The summed E-state index contributed by atoms with van der Waals surface area (Å²) in [6.45, 7) is 3.78. The van der Waals surface area contributed by atoms with Crippen molar-refractivity contribution in [1.82, 2.24) is 9.97 Å². The van der Waals surface area contributed by atoms with E-state index in [1.165, 1.54) is 0 Å². The van der Waals surface area contributed by atoms with Crippen molar-refractivity contribution in [2.75, 3.05) is 23.9 Å². The summed E-state index contributed by atoms with van der Waals surface area (Å²) in [5, 5.41) is 0.906. The highest BCUT2D eigenvalue weighted by molar-refractivity contribution is 6.20. The van der Waals surface area contributed by atoms with E-state index in [1.807, 2.05) is 46.1 Å². The number of nitrogens with zero attached hydrogens (tertiary/aromatic N) is 4. The number of hydrogen-bond acceptors (Lipinski definition) is 5. The van der Waals surface area contributed by atoms with Gasteiger partial charge in [-0.2, -0.15) is 0 Å². The molecule has 1 aromatic carbocycles. The third-order valence-corrected chi connectivity index (χ3v) is 4.28. The van der Waals surface area contributed by atoms with Gasteiger partial charge in [0.2, 0.25) is 6.41 Å². The van der Waals surface area contributed by atoms with Crippen LogP contribution in [-0.4, -0.2) is 36.4 Å². The molecule has 2 amide bonds. The average molecular weight is 348 g/mol. The molecule has 0 spiro atoms. The second-order valence-corrected chi connectivity index (χ2v) is 6.32. The van der Waals surface area contributed by atoms with Gasteiger partial charge in [-0.15, -0.1) is 0 Å². The maximum absolute atomic E-state index is 13.2. The van der Waals surface area contributed by atoms with Gasteiger partial charge in [0.05, 0.1) is 28.7 Å². The van der Waals surface area contributed by atoms with Crippen molar-refractivity contribution < 1.29 is 9.59 Å². The average Bonchev–Trinajstić information content (AvgIpc) is 2.64. The minimum absolute atomic E-state index is 0.412. The van der Waals surface area contributed by atoms with E-state index < -0.39 is 5.91 Å². The molecule has 0 unspecified atom stereocenters. The summed E-state index contributed by atoms with van der Waals surface area (Å²) >= 11 is 0. The first-order valence-corrected chi connectivity index (χ1v) is 8.21. The smallest absolute Gasteiger partial charge is 0.267 e. The van der Waals surface area contributed by atoms with Crippen LogP contribution in [-0.2, 0) is 4.79 Å². The number of pyridine rings is 2. The van der Waals surface area contributed by atoms with Gasteiger partial charge in [0.15, 0.2) is 0 Å². The molecule has 0 radical (unpaired) electrons. The van der Waals surface area contributed by atoms with E-state index in [2.05, 4.69) is 9.97 Å². The van der Waals surface area contributed by atoms with Gasteiger partial charge in [-0.3, -0.25) is 19.6 Å². The summed E-state index contributed by atoms with van der Waals surface area (Å²) in [7, 11) is 3.66. The Bertz CT molecular complexity index is 998. The predicted molar refractivity (Wildman–Crippen MR) is 103 cm³/mol. The number of imide groups is 1. The lowest BCUT2D eigenvalue weighted by atomic mass is 10.1. The van der Waals surface area contributed by atoms with Crippen molar-refractivity contribution in [1.29, 1.82) is 0 Å². The van der Waals surface area contributed by atoms with Crippen molar-refractivity contribution in [3.8, 4) is 0 Å². The molecular weight excluding hydrogens is 328 g/mol. The van der Waals surface area contributed by atoms with Gasteiger partial charge in [0.1, 0.15) is 0 Å². The van der Waals surface area contributed by atoms with Crippen LogP contribution in [0.3, 0.4) is 0 Å². The Labute approximate surface area is 152 Å². The second kappa shape index (κ2) is 6.92. The fourth-order valence-electron chi connectivity index (χ4n) is 2.92. The van der Waals surface area contributed by atoms with Gasteiger partial charge < -0.3 is 4.90 Å². The lowest BCUT2D eigenvalue weighted by molar-refractivity contribution is -0.106. The number of amides is 2. The largest absolute Gasteiger partial charge is 0.376 e. The number of benzene rings is 1. The summed E-state index contributed by atoms with van der Waals surface area (Å²) < 4.78 is 0. The van der Waals surface area contributed by atoms with E-state index in [9.17, 15) is 9.59 Å². The fraction of sp³-hybridized carbons (Fsp3) is 0.200. The molecule has 0 atom stereocenters. The molecule has 3 rings (SSSR count). The number of anilines is 2. The number of fused-ring (bicyclic) bond motifs is 1. The van der Waals surface area contributed by atoms with E-state index in [0.29, 0.717) is 34.6 Å². The Kier molecular flexibility index (Phi) is 4.67. The first-order valence-electron chi connectivity index (χ1n) is 8.21. The molecule has 0 saturated carbocycles. The first-order chi connectivity index (χ1) is 12.4. The molecule has 2 heterocycles. The van der Waals surface area contributed by atoms with Crippen LogP contribution in [0.2, 0.25) is 0 Å². The normalized spacial score (nSPS) is 10.6. The van der Waals surface area contributed by atoms with Crippen molar-refractivity contribution in [2.24, 2.45) is 0 Å². The van der Waals surface area contributed by atoms with Crippen LogP contribution in [0.25, 0.3) is 10.9 Å². The number of aromatic nitrogens is 2. The fourth-order valence-corrected chi connectivity index (χ4v) is 2.92. The summed E-state index contributed by atoms with van der Waals surface area (Å²) in [6, 6.07) is 9.09. The van der Waals surface area contributed by atoms with Crippen LogP contribution in [0.4, 0.5) is 11.4 Å². The molecular formula is C20H20N4O2. The SMILES string of the molecule is Cc1cc(C(=O)N(C=O)c2ccc(C)c3cccnc23)c(N(C)C)cn1. The molecule has 2 aromatic heterocycles. The van der Waals surface area contributed by atoms with Gasteiger partial charge in [0.25, 0.3) is 5.91 Å². The molecule has 132 valence electrons. The first kappa shape index (κ1) is 17.5. The van der Waals surface area contributed by atoms with Gasteiger partial charge >= 0.3 is 0 Å². The molecule has 6 nitrogen and oxygen atoms in total. The molecule has 3 aromatic rings. The number of rotatable bonds is 4. The molecule has 0 fully saturated rings. The summed E-state index contributed by atoms with van der Waals surface area (Å²) in [5.41, 5.74) is 3.88. The van der Waals surface area contributed by atoms with E-state index in [-0.39, 0.29) is 0 Å². The molecule has 26 heavy (non-hydrogen) atoms. The Morgan fingerprint density at radius 2 is 1.85 bits per heavy atom. The van der Waals surface area contributed by atoms with Crippen LogP contribution >= 0.6 is 0 Å². The van der Waals surface area contributed by atoms with Crippen LogP contribution < -0.4 is 9.80 Å². The van der Waals surface area contributed by atoms with Crippen molar-refractivity contribution in [2.45, 2.75) is 13.8 Å². The zero-order valence-electron chi connectivity index (χ0n) is 15.2. The van der Waals surface area contributed by atoms with Crippen LogP contribution in [0.1, 0.15) is 21.6 Å². The number of carbonyl (C=O) groups is 2. The maximum Gasteiger partial charge on any atom is 0.267 e. The Morgan fingerprint density at radius 1 is 1.08 bits per heavy atom. The highest BCUT2D eigenvalue weighted by atomic mass is 16.2. The number of hydrogen-bond donors (Lipinski definition) is 0. The van der Waals surface area contributed by atoms with Crippen molar-refractivity contribution in [3.63, 3.8) is 0 Å². The minimum atomic E-state index is -0.412. The third-order valence-electron chi connectivity index (χ3n) is 4.28. The molecule has 0 saturated heterocycles. The van der Waals surface area contributed by atoms with Crippen LogP contribution in [0, 0.1) is 13.8 Å². The van der Waals surface area contributed by atoms with Gasteiger partial charge in [-0.25, -0.2) is 4.90 Å². The topological polar surface area (TPSA) is 66.4 Å². The second-order valence-electron chi connectivity index (χ2n) is 6.32. The highest BCUT2D eigenvalue weighted by Crippen LogP contribution is 2.29. The van der Waals surface area contributed by atoms with E-state index >= 15 is 0 Å². The molecule has 0 aliphatic carbocycles. The lowest BCUT2D eigenvalue weighted by Gasteiger charge is -2.22. The highest BCUT2D eigenvalue weighted by Gasteiger charge is 2.23. The maximum atomic E-state index is 13.2. The zero-order valence-corrected chi connectivity index (χ0v) is 15.2. The number of aryl methyl sites for hydroxylation is 2. The lowest BCUT2D eigenvalue weighted by Crippen LogP contribution is -2.31. The Balaban J connectivity index is 2.17. The van der Waals surface area contributed by atoms with E-state index in [4.69, 9.17) is 0 Å². The predicted octanol–water partition coefficient (Wildman–Crippen LogP) is 3.12. The van der Waals surface area contributed by atoms with Gasteiger partial charge in [0, 0.05) is 31.4 Å². The molecule has 0 N–H and O–H groups in total. The summed E-state index contributed by atoms with van der Waals surface area (Å²) in [4.78, 5) is 36.6. The van der Waals surface area contributed by atoms with E-state index in [1.54, 1.807) is 29.4 Å². The molecule has 0 aliphatic heterocycles. The molecule has 0 aliphatic rings. The van der Waals surface area contributed by atoms with Crippen LogP contribution in [0.5, 0.6) is 0 Å². The minimum Gasteiger partial charge on any atom is -0.376 e. The molecule has 0 bridgehead atoms. The number of carbonyl (C=O) groups excluding carboxylic acids is 2.